The van der Waals surface area contributed by atoms with Crippen LogP contribution in [0.3, 0.4) is 0 Å². The number of fused-ring (bicyclic) bond motifs is 3. The zero-order valence-electron chi connectivity index (χ0n) is 18.9. The Kier molecular flexibility index (Phi) is 5.73. The largest absolute Gasteiger partial charge is 0.477 e. The molecule has 0 radical (unpaired) electrons. The minimum Gasteiger partial charge on any atom is -0.477 e. The molecule has 3 aliphatic rings. The standard InChI is InChI=1S/C26H26F2N2O5/c27-26(28,23(32)33)21(15-9-10-15)30-22(31)25(11-12-25)14-29-24(34)35-13-20-18-7-3-1-5-16(18)17-6-2-4-8-19(17)20/h1-8,15,20-21H,9-14H2,(H,29,34)(H,30,31)(H,32,33). The first-order valence-corrected chi connectivity index (χ1v) is 11.7. The number of aliphatic carboxylic acids is 1. The number of amides is 2. The summed E-state index contributed by atoms with van der Waals surface area (Å²) in [6.07, 6.45) is 1.02. The lowest BCUT2D eigenvalue weighted by Gasteiger charge is -2.27. The lowest BCUT2D eigenvalue weighted by molar-refractivity contribution is -0.171. The fourth-order valence-electron chi connectivity index (χ4n) is 4.89. The van der Waals surface area contributed by atoms with Crippen LogP contribution in [0.2, 0.25) is 0 Å². The van der Waals surface area contributed by atoms with Crippen LogP contribution in [0.1, 0.15) is 42.7 Å². The average molecular weight is 484 g/mol. The maximum atomic E-state index is 14.1. The maximum absolute atomic E-state index is 14.1. The highest BCUT2D eigenvalue weighted by Gasteiger charge is 2.58. The number of carboxylic acid groups (broad SMARTS) is 1. The third-order valence-electron chi connectivity index (χ3n) is 7.31. The Hall–Kier alpha value is -3.49. The predicted octanol–water partition coefficient (Wildman–Crippen LogP) is 3.92. The number of alkyl carbamates (subject to hydrolysis) is 1. The second kappa shape index (κ2) is 8.62. The first-order valence-electron chi connectivity index (χ1n) is 11.7. The van der Waals surface area contributed by atoms with Crippen LogP contribution in [-0.2, 0) is 14.3 Å². The van der Waals surface area contributed by atoms with Crippen molar-refractivity contribution in [2.75, 3.05) is 13.2 Å². The number of nitrogens with one attached hydrogen (secondary N) is 2. The molecule has 184 valence electrons. The molecule has 2 aromatic carbocycles. The summed E-state index contributed by atoms with van der Waals surface area (Å²) in [5.41, 5.74) is 3.34. The number of halogens is 2. The third kappa shape index (κ3) is 4.35. The van der Waals surface area contributed by atoms with Crippen LogP contribution >= 0.6 is 0 Å². The highest BCUT2D eigenvalue weighted by atomic mass is 19.3. The molecule has 3 aliphatic carbocycles. The van der Waals surface area contributed by atoms with E-state index in [1.54, 1.807) is 0 Å². The highest BCUT2D eigenvalue weighted by molar-refractivity contribution is 5.88. The molecule has 0 spiro atoms. The van der Waals surface area contributed by atoms with Crippen molar-refractivity contribution in [1.82, 2.24) is 10.6 Å². The number of hydrogen-bond acceptors (Lipinski definition) is 4. The molecule has 0 aromatic heterocycles. The first kappa shape index (κ1) is 23.3. The summed E-state index contributed by atoms with van der Waals surface area (Å²) in [7, 11) is 0. The number of carbonyl (C=O) groups excluding carboxylic acids is 2. The van der Waals surface area contributed by atoms with E-state index >= 15 is 0 Å². The van der Waals surface area contributed by atoms with Gasteiger partial charge in [-0.3, -0.25) is 4.79 Å². The minimum atomic E-state index is -4.05. The molecule has 0 aliphatic heterocycles. The van der Waals surface area contributed by atoms with E-state index in [1.807, 2.05) is 48.5 Å². The van der Waals surface area contributed by atoms with E-state index in [0.29, 0.717) is 25.7 Å². The van der Waals surface area contributed by atoms with Crippen LogP contribution in [0.25, 0.3) is 11.1 Å². The Morgan fingerprint density at radius 2 is 1.60 bits per heavy atom. The van der Waals surface area contributed by atoms with Crippen LogP contribution in [0.15, 0.2) is 48.5 Å². The SMILES string of the molecule is O=C(NCC1(C(=O)NC(C2CC2)C(F)(F)C(=O)O)CC1)OCC1c2ccccc2-c2ccccc21. The molecule has 1 atom stereocenters. The van der Waals surface area contributed by atoms with Gasteiger partial charge in [-0.25, -0.2) is 9.59 Å². The van der Waals surface area contributed by atoms with Gasteiger partial charge in [0.2, 0.25) is 5.91 Å². The maximum Gasteiger partial charge on any atom is 0.407 e. The zero-order chi connectivity index (χ0) is 24.8. The summed E-state index contributed by atoms with van der Waals surface area (Å²) in [6, 6.07) is 14.1. The normalized spacial score (nSPS) is 18.7. The smallest absolute Gasteiger partial charge is 0.407 e. The number of ether oxygens (including phenoxy) is 1. The molecule has 0 saturated heterocycles. The number of rotatable bonds is 9. The molecule has 5 rings (SSSR count). The van der Waals surface area contributed by atoms with E-state index < -0.39 is 41.3 Å². The Morgan fingerprint density at radius 1 is 1.03 bits per heavy atom. The Labute approximate surface area is 200 Å². The summed E-state index contributed by atoms with van der Waals surface area (Å²) in [5.74, 6) is -7.63. The van der Waals surface area contributed by atoms with Crippen LogP contribution in [0.4, 0.5) is 13.6 Å². The molecule has 2 fully saturated rings. The first-order chi connectivity index (χ1) is 16.7. The molecule has 0 heterocycles. The molecule has 2 saturated carbocycles. The second-order valence-corrected chi connectivity index (χ2v) is 9.68. The van der Waals surface area contributed by atoms with Gasteiger partial charge in [0.05, 0.1) is 5.41 Å². The van der Waals surface area contributed by atoms with Gasteiger partial charge in [-0.15, -0.1) is 0 Å². The molecule has 3 N–H and O–H groups in total. The zero-order valence-corrected chi connectivity index (χ0v) is 18.9. The summed E-state index contributed by atoms with van der Waals surface area (Å²) in [5, 5.41) is 13.7. The number of alkyl halides is 2. The molecule has 2 aromatic rings. The van der Waals surface area contributed by atoms with E-state index in [4.69, 9.17) is 9.84 Å². The van der Waals surface area contributed by atoms with Gasteiger partial charge in [0.1, 0.15) is 12.6 Å². The summed E-state index contributed by atoms with van der Waals surface area (Å²) >= 11 is 0. The van der Waals surface area contributed by atoms with E-state index in [0.717, 1.165) is 22.3 Å². The fraction of sp³-hybridized carbons (Fsp3) is 0.423. The molecule has 7 nitrogen and oxygen atoms in total. The van der Waals surface area contributed by atoms with Gasteiger partial charge in [0.25, 0.3) is 0 Å². The van der Waals surface area contributed by atoms with E-state index in [9.17, 15) is 23.2 Å². The van der Waals surface area contributed by atoms with Crippen molar-refractivity contribution in [1.29, 1.82) is 0 Å². The molecule has 1 unspecified atom stereocenters. The van der Waals surface area contributed by atoms with Gasteiger partial charge in [-0.2, -0.15) is 8.78 Å². The van der Waals surface area contributed by atoms with Gasteiger partial charge in [-0.1, -0.05) is 48.5 Å². The topological polar surface area (TPSA) is 105 Å². The van der Waals surface area contributed by atoms with Gasteiger partial charge in [-0.05, 0) is 53.9 Å². The van der Waals surface area contributed by atoms with Crippen molar-refractivity contribution in [2.24, 2.45) is 11.3 Å². The lowest BCUT2D eigenvalue weighted by Crippen LogP contribution is -2.55. The summed E-state index contributed by atoms with van der Waals surface area (Å²) < 4.78 is 33.8. The van der Waals surface area contributed by atoms with Gasteiger partial charge < -0.3 is 20.5 Å². The minimum absolute atomic E-state index is 0.0640. The van der Waals surface area contributed by atoms with Crippen molar-refractivity contribution < 1.29 is 33.0 Å². The monoisotopic (exact) mass is 484 g/mol. The van der Waals surface area contributed by atoms with Gasteiger partial charge >= 0.3 is 18.0 Å². The Morgan fingerprint density at radius 3 is 2.11 bits per heavy atom. The summed E-state index contributed by atoms with van der Waals surface area (Å²) in [4.78, 5) is 36.2. The van der Waals surface area contributed by atoms with Crippen molar-refractivity contribution in [3.63, 3.8) is 0 Å². The van der Waals surface area contributed by atoms with Crippen molar-refractivity contribution in [3.05, 3.63) is 59.7 Å². The predicted molar refractivity (Wildman–Crippen MR) is 122 cm³/mol. The lowest BCUT2D eigenvalue weighted by atomic mass is 9.98. The average Bonchev–Trinajstić information content (AvgIpc) is 3.77. The second-order valence-electron chi connectivity index (χ2n) is 9.68. The van der Waals surface area contributed by atoms with Crippen LogP contribution in [0, 0.1) is 11.3 Å². The van der Waals surface area contributed by atoms with E-state index in [2.05, 4.69) is 10.6 Å². The molecule has 9 heteroatoms. The van der Waals surface area contributed by atoms with Crippen LogP contribution < -0.4 is 10.6 Å². The van der Waals surface area contributed by atoms with Crippen LogP contribution in [-0.4, -0.2) is 48.2 Å². The third-order valence-corrected chi connectivity index (χ3v) is 7.31. The number of hydrogen-bond donors (Lipinski definition) is 3. The molecular weight excluding hydrogens is 458 g/mol. The molecule has 35 heavy (non-hydrogen) atoms. The Bertz CT molecular complexity index is 1130. The molecular formula is C26H26F2N2O5. The van der Waals surface area contributed by atoms with Crippen molar-refractivity contribution in [3.8, 4) is 11.1 Å². The Balaban J connectivity index is 1.17. The van der Waals surface area contributed by atoms with E-state index in [1.165, 1.54) is 0 Å². The number of carboxylic acids is 1. The van der Waals surface area contributed by atoms with Crippen molar-refractivity contribution >= 4 is 18.0 Å². The van der Waals surface area contributed by atoms with E-state index in [-0.39, 0.29) is 19.1 Å². The van der Waals surface area contributed by atoms with Crippen molar-refractivity contribution in [2.45, 2.75) is 43.6 Å². The number of carbonyl (C=O) groups is 3. The quantitative estimate of drug-likeness (QED) is 0.501. The summed E-state index contributed by atoms with van der Waals surface area (Å²) in [6.45, 7) is 0.0547. The fourth-order valence-corrected chi connectivity index (χ4v) is 4.89. The molecule has 2 amide bonds. The van der Waals surface area contributed by atoms with Crippen LogP contribution in [0.5, 0.6) is 0 Å². The number of benzene rings is 2. The van der Waals surface area contributed by atoms with Gasteiger partial charge in [0.15, 0.2) is 0 Å². The molecule has 0 bridgehead atoms. The van der Waals surface area contributed by atoms with Gasteiger partial charge in [0, 0.05) is 12.5 Å². The highest BCUT2D eigenvalue weighted by Crippen LogP contribution is 2.47.